The van der Waals surface area contributed by atoms with Gasteiger partial charge < -0.3 is 9.80 Å². The Labute approximate surface area is 145 Å². The van der Waals surface area contributed by atoms with Gasteiger partial charge >= 0.3 is 6.18 Å². The topological polar surface area (TPSA) is 80.0 Å². The second-order valence-electron chi connectivity index (χ2n) is 5.52. The number of anilines is 1. The lowest BCUT2D eigenvalue weighted by molar-refractivity contribution is -0.138. The van der Waals surface area contributed by atoms with Gasteiger partial charge in [-0.25, -0.2) is 4.98 Å². The fourth-order valence-electron chi connectivity index (χ4n) is 2.50. The quantitative estimate of drug-likeness (QED) is 0.783. The number of hydrogen-bond donors (Lipinski definition) is 0. The molecule has 25 heavy (non-hydrogen) atoms. The van der Waals surface area contributed by atoms with Gasteiger partial charge in [0.15, 0.2) is 0 Å². The summed E-state index contributed by atoms with van der Waals surface area (Å²) in [6.45, 7) is 2.44. The number of carbonyl (C=O) groups excluding carboxylic acids is 1. The largest absolute Gasteiger partial charge is 0.445 e. The van der Waals surface area contributed by atoms with E-state index in [2.05, 4.69) is 20.3 Å². The van der Waals surface area contributed by atoms with E-state index in [0.29, 0.717) is 56.9 Å². The van der Waals surface area contributed by atoms with Gasteiger partial charge in [0, 0.05) is 39.1 Å². The van der Waals surface area contributed by atoms with Gasteiger partial charge in [-0.2, -0.15) is 18.3 Å². The predicted molar refractivity (Wildman–Crippen MR) is 83.0 cm³/mol. The minimum absolute atomic E-state index is 0.0352. The monoisotopic (exact) mass is 375 g/mol. The second kappa shape index (κ2) is 7.33. The molecule has 0 unspecified atom stereocenters. The SMILES string of the molecule is O=C(CCCn1cncn1)N1CCN(c2nnc(C(F)(F)F)s2)CC1. The van der Waals surface area contributed by atoms with Crippen molar-refractivity contribution in [2.24, 2.45) is 0 Å². The molecule has 0 saturated carbocycles. The fourth-order valence-corrected chi connectivity index (χ4v) is 3.27. The molecule has 1 aliphatic rings. The molecule has 2 aromatic rings. The molecule has 8 nitrogen and oxygen atoms in total. The van der Waals surface area contributed by atoms with E-state index in [-0.39, 0.29) is 11.0 Å². The summed E-state index contributed by atoms with van der Waals surface area (Å²) in [6, 6.07) is 0. The van der Waals surface area contributed by atoms with Gasteiger partial charge in [0.2, 0.25) is 16.0 Å². The summed E-state index contributed by atoms with van der Waals surface area (Å²) >= 11 is 0.528. The Morgan fingerprint density at radius 3 is 2.56 bits per heavy atom. The number of amides is 1. The Hall–Kier alpha value is -2.24. The average Bonchev–Trinajstić information content (AvgIpc) is 3.26. The maximum atomic E-state index is 12.6. The predicted octanol–water partition coefficient (Wildman–Crippen LogP) is 1.28. The van der Waals surface area contributed by atoms with E-state index in [0.717, 1.165) is 0 Å². The number of halogens is 3. The van der Waals surface area contributed by atoms with Crippen molar-refractivity contribution in [3.05, 3.63) is 17.7 Å². The van der Waals surface area contributed by atoms with Gasteiger partial charge in [-0.05, 0) is 6.42 Å². The van der Waals surface area contributed by atoms with Crippen LogP contribution in [-0.4, -0.2) is 61.9 Å². The standard InChI is InChI=1S/C13H16F3N7OS/c14-13(15,16)11-19-20-12(25-11)22-6-4-21(5-7-22)10(24)2-1-3-23-9-17-8-18-23/h8-9H,1-7H2. The Balaban J connectivity index is 1.45. The van der Waals surface area contributed by atoms with E-state index >= 15 is 0 Å². The smallest absolute Gasteiger partial charge is 0.343 e. The van der Waals surface area contributed by atoms with Crippen molar-refractivity contribution in [2.75, 3.05) is 31.1 Å². The Morgan fingerprint density at radius 2 is 1.96 bits per heavy atom. The maximum Gasteiger partial charge on any atom is 0.445 e. The summed E-state index contributed by atoms with van der Waals surface area (Å²) in [6.07, 6.45) is -0.373. The summed E-state index contributed by atoms with van der Waals surface area (Å²) in [5, 5.41) is 10.1. The summed E-state index contributed by atoms with van der Waals surface area (Å²) in [4.78, 5) is 19.5. The molecule has 0 radical (unpaired) electrons. The molecule has 0 aromatic carbocycles. The zero-order valence-electron chi connectivity index (χ0n) is 13.2. The number of hydrogen-bond acceptors (Lipinski definition) is 7. The molecule has 2 aromatic heterocycles. The first-order chi connectivity index (χ1) is 11.9. The van der Waals surface area contributed by atoms with Crippen molar-refractivity contribution in [1.29, 1.82) is 0 Å². The fraction of sp³-hybridized carbons (Fsp3) is 0.615. The summed E-state index contributed by atoms with van der Waals surface area (Å²) in [5.41, 5.74) is 0. The highest BCUT2D eigenvalue weighted by molar-refractivity contribution is 7.15. The highest BCUT2D eigenvalue weighted by Gasteiger charge is 2.36. The first-order valence-electron chi connectivity index (χ1n) is 7.69. The molecule has 3 rings (SSSR count). The molecule has 3 heterocycles. The van der Waals surface area contributed by atoms with Crippen LogP contribution in [0.25, 0.3) is 0 Å². The van der Waals surface area contributed by atoms with Crippen LogP contribution in [0.15, 0.2) is 12.7 Å². The second-order valence-corrected chi connectivity index (χ2v) is 6.47. The van der Waals surface area contributed by atoms with E-state index in [1.165, 1.54) is 6.33 Å². The lowest BCUT2D eigenvalue weighted by Gasteiger charge is -2.34. The number of nitrogens with zero attached hydrogens (tertiary/aromatic N) is 7. The van der Waals surface area contributed by atoms with Crippen LogP contribution in [-0.2, 0) is 17.5 Å². The number of piperazine rings is 1. The number of aryl methyl sites for hydroxylation is 1. The minimum atomic E-state index is -4.47. The minimum Gasteiger partial charge on any atom is -0.343 e. The zero-order chi connectivity index (χ0) is 17.9. The van der Waals surface area contributed by atoms with Crippen molar-refractivity contribution in [3.8, 4) is 0 Å². The first-order valence-corrected chi connectivity index (χ1v) is 8.51. The van der Waals surface area contributed by atoms with Crippen LogP contribution in [0.2, 0.25) is 0 Å². The Morgan fingerprint density at radius 1 is 1.20 bits per heavy atom. The maximum absolute atomic E-state index is 12.6. The number of alkyl halides is 3. The molecule has 1 amide bonds. The van der Waals surface area contributed by atoms with Crippen molar-refractivity contribution < 1.29 is 18.0 Å². The Kier molecular flexibility index (Phi) is 5.16. The van der Waals surface area contributed by atoms with Gasteiger partial charge in [-0.3, -0.25) is 9.48 Å². The van der Waals surface area contributed by atoms with Gasteiger partial charge in [0.25, 0.3) is 0 Å². The van der Waals surface area contributed by atoms with Crippen molar-refractivity contribution >= 4 is 22.4 Å². The van der Waals surface area contributed by atoms with E-state index < -0.39 is 11.2 Å². The van der Waals surface area contributed by atoms with Crippen molar-refractivity contribution in [2.45, 2.75) is 25.6 Å². The lowest BCUT2D eigenvalue weighted by Crippen LogP contribution is -2.48. The molecular formula is C13H16F3N7OS. The molecule has 1 fully saturated rings. The van der Waals surface area contributed by atoms with Crippen LogP contribution in [0.5, 0.6) is 0 Å². The molecule has 0 atom stereocenters. The molecule has 1 saturated heterocycles. The van der Waals surface area contributed by atoms with Gasteiger partial charge in [0.1, 0.15) is 12.7 Å². The molecule has 1 aliphatic heterocycles. The van der Waals surface area contributed by atoms with Crippen molar-refractivity contribution in [1.82, 2.24) is 29.9 Å². The van der Waals surface area contributed by atoms with Gasteiger partial charge in [-0.1, -0.05) is 11.3 Å². The third kappa shape index (κ3) is 4.44. The summed E-state index contributed by atoms with van der Waals surface area (Å²) < 4.78 is 39.4. The number of aromatic nitrogens is 5. The molecule has 0 N–H and O–H groups in total. The van der Waals surface area contributed by atoms with Crippen molar-refractivity contribution in [3.63, 3.8) is 0 Å². The third-order valence-corrected chi connectivity index (χ3v) is 4.83. The molecule has 0 spiro atoms. The van der Waals surface area contributed by atoms with Crippen LogP contribution >= 0.6 is 11.3 Å². The number of carbonyl (C=O) groups is 1. The van der Waals surface area contributed by atoms with E-state index in [1.807, 2.05) is 0 Å². The third-order valence-electron chi connectivity index (χ3n) is 3.80. The molecular weight excluding hydrogens is 359 g/mol. The lowest BCUT2D eigenvalue weighted by atomic mass is 10.2. The molecule has 0 bridgehead atoms. The van der Waals surface area contributed by atoms with E-state index in [1.54, 1.807) is 20.8 Å². The van der Waals surface area contributed by atoms with Crippen LogP contribution in [0, 0.1) is 0 Å². The average molecular weight is 375 g/mol. The summed E-state index contributed by atoms with van der Waals surface area (Å²) in [5.74, 6) is 0.0352. The van der Waals surface area contributed by atoms with Gasteiger partial charge in [-0.15, -0.1) is 10.2 Å². The zero-order valence-corrected chi connectivity index (χ0v) is 14.0. The highest BCUT2D eigenvalue weighted by Crippen LogP contribution is 2.34. The van der Waals surface area contributed by atoms with Gasteiger partial charge in [0.05, 0.1) is 0 Å². The molecule has 12 heteroatoms. The highest BCUT2D eigenvalue weighted by atomic mass is 32.1. The van der Waals surface area contributed by atoms with Crippen LogP contribution in [0.1, 0.15) is 17.8 Å². The van der Waals surface area contributed by atoms with Crippen LogP contribution < -0.4 is 4.90 Å². The molecule has 136 valence electrons. The first kappa shape index (κ1) is 17.6. The van der Waals surface area contributed by atoms with Crippen LogP contribution in [0.4, 0.5) is 18.3 Å². The van der Waals surface area contributed by atoms with E-state index in [9.17, 15) is 18.0 Å². The van der Waals surface area contributed by atoms with Crippen LogP contribution in [0.3, 0.4) is 0 Å². The Bertz CT molecular complexity index is 695. The molecule has 0 aliphatic carbocycles. The normalized spacial score (nSPS) is 15.6. The summed E-state index contributed by atoms with van der Waals surface area (Å²) in [7, 11) is 0. The number of rotatable bonds is 5. The van der Waals surface area contributed by atoms with E-state index in [4.69, 9.17) is 0 Å².